The molecule has 0 saturated carbocycles. The predicted molar refractivity (Wildman–Crippen MR) is 110 cm³/mol. The van der Waals surface area contributed by atoms with Gasteiger partial charge in [-0.25, -0.2) is 0 Å². The summed E-state index contributed by atoms with van der Waals surface area (Å²) in [5.74, 6) is -0.267. The number of benzene rings is 1. The Kier molecular flexibility index (Phi) is 5.99. The third-order valence-electron chi connectivity index (χ3n) is 4.75. The number of aromatic hydroxyl groups is 1. The van der Waals surface area contributed by atoms with E-state index in [1.54, 1.807) is 24.3 Å². The smallest absolute Gasteiger partial charge is 0.271 e. The van der Waals surface area contributed by atoms with Crippen molar-refractivity contribution in [2.24, 2.45) is 0 Å². The number of hydrogen-bond donors (Lipinski definition) is 1. The van der Waals surface area contributed by atoms with E-state index in [-0.39, 0.29) is 23.2 Å². The van der Waals surface area contributed by atoms with E-state index in [9.17, 15) is 20.0 Å². The lowest BCUT2D eigenvalue weighted by molar-refractivity contribution is 0.0916. The Labute approximate surface area is 177 Å². The van der Waals surface area contributed by atoms with Crippen molar-refractivity contribution >= 4 is 17.4 Å². The highest BCUT2D eigenvalue weighted by atomic mass is 35.5. The summed E-state index contributed by atoms with van der Waals surface area (Å²) in [5.41, 5.74) is 0.646. The lowest BCUT2D eigenvalue weighted by Crippen LogP contribution is -2.28. The molecule has 0 aliphatic carbocycles. The molecule has 0 radical (unpaired) electrons. The number of nitrogens with zero attached hydrogens (tertiary/aromatic N) is 2. The average Bonchev–Trinajstić information content (AvgIpc) is 3.21. The Bertz CT molecular complexity index is 1200. The van der Waals surface area contributed by atoms with Crippen molar-refractivity contribution in [2.45, 2.75) is 27.3 Å². The van der Waals surface area contributed by atoms with Gasteiger partial charge in [0.2, 0.25) is 11.7 Å². The maximum absolute atomic E-state index is 12.9. The van der Waals surface area contributed by atoms with Gasteiger partial charge >= 0.3 is 0 Å². The van der Waals surface area contributed by atoms with Crippen LogP contribution in [0.5, 0.6) is 11.6 Å². The Morgan fingerprint density at radius 2 is 1.97 bits per heavy atom. The molecule has 154 valence electrons. The van der Waals surface area contributed by atoms with E-state index in [1.807, 2.05) is 19.9 Å². The molecule has 0 saturated heterocycles. The normalized spacial score (nSPS) is 10.6. The summed E-state index contributed by atoms with van der Waals surface area (Å²) >= 11 is 6.15. The van der Waals surface area contributed by atoms with E-state index in [0.29, 0.717) is 16.5 Å². The van der Waals surface area contributed by atoms with Gasteiger partial charge in [0.25, 0.3) is 5.56 Å². The first-order chi connectivity index (χ1) is 14.2. The third-order valence-corrected chi connectivity index (χ3v) is 5.35. The summed E-state index contributed by atoms with van der Waals surface area (Å²) in [5, 5.41) is 20.7. The summed E-state index contributed by atoms with van der Waals surface area (Å²) in [6, 6.07) is 8.47. The highest BCUT2D eigenvalue weighted by Crippen LogP contribution is 2.27. The van der Waals surface area contributed by atoms with Gasteiger partial charge in [0.1, 0.15) is 23.1 Å². The molecule has 3 rings (SSSR count). The van der Waals surface area contributed by atoms with Gasteiger partial charge in [0.15, 0.2) is 6.61 Å². The van der Waals surface area contributed by atoms with Gasteiger partial charge in [-0.1, -0.05) is 11.6 Å². The van der Waals surface area contributed by atoms with Gasteiger partial charge in [-0.3, -0.25) is 14.2 Å². The maximum Gasteiger partial charge on any atom is 0.271 e. The molecule has 8 heteroatoms. The van der Waals surface area contributed by atoms with E-state index in [0.717, 1.165) is 15.7 Å². The molecule has 2 aromatic heterocycles. The van der Waals surface area contributed by atoms with Crippen LogP contribution in [0.25, 0.3) is 0 Å². The summed E-state index contributed by atoms with van der Waals surface area (Å²) < 4.78 is 11.7. The highest BCUT2D eigenvalue weighted by molar-refractivity contribution is 6.32. The Balaban J connectivity index is 1.97. The fourth-order valence-electron chi connectivity index (χ4n) is 3.20. The van der Waals surface area contributed by atoms with Crippen LogP contribution in [0.3, 0.4) is 0 Å². The largest absolute Gasteiger partial charge is 0.494 e. The van der Waals surface area contributed by atoms with Crippen LogP contribution in [0, 0.1) is 32.1 Å². The number of furan rings is 1. The summed E-state index contributed by atoms with van der Waals surface area (Å²) in [7, 11) is 0. The van der Waals surface area contributed by atoms with E-state index in [4.69, 9.17) is 20.8 Å². The number of ketones is 1. The molecule has 1 N–H and O–H groups in total. The molecular formula is C22H19ClN2O5. The number of rotatable bonds is 6. The van der Waals surface area contributed by atoms with Crippen molar-refractivity contribution in [3.8, 4) is 17.7 Å². The van der Waals surface area contributed by atoms with E-state index in [1.165, 1.54) is 13.2 Å². The number of nitriles is 1. The van der Waals surface area contributed by atoms with Gasteiger partial charge in [-0.2, -0.15) is 5.26 Å². The molecule has 2 heterocycles. The highest BCUT2D eigenvalue weighted by Gasteiger charge is 2.25. The molecule has 3 aromatic rings. The van der Waals surface area contributed by atoms with Crippen LogP contribution >= 0.6 is 11.6 Å². The zero-order valence-corrected chi connectivity index (χ0v) is 17.4. The molecule has 0 spiro atoms. The number of carbonyl (C=O) groups is 1. The molecule has 0 bridgehead atoms. The minimum absolute atomic E-state index is 0.104. The van der Waals surface area contributed by atoms with Crippen molar-refractivity contribution in [2.75, 3.05) is 6.61 Å². The van der Waals surface area contributed by atoms with Crippen LogP contribution in [0.1, 0.15) is 38.4 Å². The van der Waals surface area contributed by atoms with Crippen molar-refractivity contribution < 1.29 is 19.1 Å². The topological polar surface area (TPSA) is 105 Å². The summed E-state index contributed by atoms with van der Waals surface area (Å²) in [6.07, 6.45) is 1.42. The molecule has 7 nitrogen and oxygen atoms in total. The monoisotopic (exact) mass is 426 g/mol. The summed E-state index contributed by atoms with van der Waals surface area (Å²) in [4.78, 5) is 25.5. The van der Waals surface area contributed by atoms with Gasteiger partial charge < -0.3 is 14.3 Å². The lowest BCUT2D eigenvalue weighted by atomic mass is 10.0. The Hall–Kier alpha value is -3.50. The molecule has 0 amide bonds. The fourth-order valence-corrected chi connectivity index (χ4v) is 3.31. The predicted octanol–water partition coefficient (Wildman–Crippen LogP) is 3.91. The van der Waals surface area contributed by atoms with E-state index >= 15 is 0 Å². The maximum atomic E-state index is 12.9. The first-order valence-corrected chi connectivity index (χ1v) is 9.44. The molecule has 0 aliphatic heterocycles. The quantitative estimate of drug-likeness (QED) is 0.599. The van der Waals surface area contributed by atoms with Crippen LogP contribution in [-0.2, 0) is 6.54 Å². The Morgan fingerprint density at radius 3 is 2.53 bits per heavy atom. The fraction of sp³-hybridized carbons (Fsp3) is 0.227. The second kappa shape index (κ2) is 8.47. The third kappa shape index (κ3) is 3.95. The van der Waals surface area contributed by atoms with Gasteiger partial charge in [-0.05, 0) is 61.7 Å². The van der Waals surface area contributed by atoms with Gasteiger partial charge in [-0.15, -0.1) is 0 Å². The standard InChI is InChI=1S/C22H19ClN2O5/c1-12-7-16(8-13(2)20(12)23)30-11-18(26)19-14(3)17(9-24)21(27)25(22(19)28)10-15-5-4-6-29-15/h4-8,28H,10-11H2,1-3H3. The SMILES string of the molecule is Cc1cc(OCC(=O)c2c(C)c(C#N)c(=O)n(Cc3ccco3)c2O)cc(C)c1Cl. The minimum Gasteiger partial charge on any atom is -0.494 e. The second-order valence-electron chi connectivity index (χ2n) is 6.86. The molecule has 0 fully saturated rings. The van der Waals surface area contributed by atoms with Crippen LogP contribution in [-0.4, -0.2) is 22.1 Å². The van der Waals surface area contributed by atoms with E-state index in [2.05, 4.69) is 0 Å². The van der Waals surface area contributed by atoms with Crippen molar-refractivity contribution in [1.29, 1.82) is 5.26 Å². The van der Waals surface area contributed by atoms with Crippen LogP contribution in [0.15, 0.2) is 39.7 Å². The average molecular weight is 427 g/mol. The lowest BCUT2D eigenvalue weighted by Gasteiger charge is -2.15. The van der Waals surface area contributed by atoms with Gasteiger partial charge in [0, 0.05) is 5.02 Å². The molecule has 0 atom stereocenters. The molecule has 30 heavy (non-hydrogen) atoms. The first kappa shape index (κ1) is 21.2. The number of hydrogen-bond acceptors (Lipinski definition) is 6. The molecular weight excluding hydrogens is 408 g/mol. The number of pyridine rings is 1. The van der Waals surface area contributed by atoms with Crippen molar-refractivity contribution in [3.05, 3.63) is 79.5 Å². The second-order valence-corrected chi connectivity index (χ2v) is 7.24. The zero-order chi connectivity index (χ0) is 22.0. The number of aromatic nitrogens is 1. The first-order valence-electron chi connectivity index (χ1n) is 9.06. The molecule has 1 aromatic carbocycles. The zero-order valence-electron chi connectivity index (χ0n) is 16.7. The van der Waals surface area contributed by atoms with Crippen molar-refractivity contribution in [3.63, 3.8) is 0 Å². The number of halogens is 1. The van der Waals surface area contributed by atoms with E-state index < -0.39 is 23.8 Å². The number of Topliss-reactive ketones (excluding diaryl/α,β-unsaturated/α-hetero) is 1. The molecule has 0 aliphatic rings. The van der Waals surface area contributed by atoms with Crippen molar-refractivity contribution in [1.82, 2.24) is 4.57 Å². The number of carbonyl (C=O) groups excluding carboxylic acids is 1. The Morgan fingerprint density at radius 1 is 1.30 bits per heavy atom. The van der Waals surface area contributed by atoms with Gasteiger partial charge in [0.05, 0.1) is 18.4 Å². The van der Waals surface area contributed by atoms with Crippen LogP contribution in [0.4, 0.5) is 0 Å². The minimum atomic E-state index is -0.703. The number of ether oxygens (including phenoxy) is 1. The van der Waals surface area contributed by atoms with Crippen LogP contribution < -0.4 is 10.3 Å². The molecule has 0 unspecified atom stereocenters. The summed E-state index contributed by atoms with van der Waals surface area (Å²) in [6.45, 7) is 4.58. The van der Waals surface area contributed by atoms with Crippen LogP contribution in [0.2, 0.25) is 5.02 Å². The number of aryl methyl sites for hydroxylation is 2.